The van der Waals surface area contributed by atoms with Gasteiger partial charge < -0.3 is 10.4 Å². The number of hydrogen-bond donors (Lipinski definition) is 2. The number of aliphatic hydroxyl groups excluding tert-OH is 1. The van der Waals surface area contributed by atoms with E-state index in [0.29, 0.717) is 12.5 Å². The van der Waals surface area contributed by atoms with E-state index < -0.39 is 0 Å². The summed E-state index contributed by atoms with van der Waals surface area (Å²) in [5.74, 6) is 1.42. The predicted molar refractivity (Wildman–Crippen MR) is 39.7 cm³/mol. The predicted octanol–water partition coefficient (Wildman–Crippen LogP) is 0.367. The van der Waals surface area contributed by atoms with Crippen LogP contribution in [0.5, 0.6) is 0 Å². The molecule has 0 bridgehead atoms. The second-order valence-corrected chi connectivity index (χ2v) is 3.53. The SMILES string of the molecule is OCC1CCNC2CCC12. The van der Waals surface area contributed by atoms with Crippen LogP contribution in [-0.2, 0) is 0 Å². The molecule has 1 heterocycles. The zero-order valence-electron chi connectivity index (χ0n) is 6.21. The number of piperidine rings is 1. The molecule has 10 heavy (non-hydrogen) atoms. The van der Waals surface area contributed by atoms with Crippen molar-refractivity contribution < 1.29 is 5.11 Å². The smallest absolute Gasteiger partial charge is 0.0462 e. The molecule has 2 aliphatic rings. The number of hydrogen-bond acceptors (Lipinski definition) is 2. The highest BCUT2D eigenvalue weighted by Gasteiger charge is 2.38. The summed E-state index contributed by atoms with van der Waals surface area (Å²) in [7, 11) is 0. The van der Waals surface area contributed by atoms with Crippen molar-refractivity contribution in [2.45, 2.75) is 25.3 Å². The van der Waals surface area contributed by atoms with Gasteiger partial charge in [-0.2, -0.15) is 0 Å². The van der Waals surface area contributed by atoms with Gasteiger partial charge >= 0.3 is 0 Å². The van der Waals surface area contributed by atoms with E-state index in [4.69, 9.17) is 5.11 Å². The Morgan fingerprint density at radius 3 is 2.70 bits per heavy atom. The van der Waals surface area contributed by atoms with Crippen LogP contribution in [-0.4, -0.2) is 24.3 Å². The maximum Gasteiger partial charge on any atom is 0.0462 e. The molecular formula is C8H15NO. The Balaban J connectivity index is 1.94. The van der Waals surface area contributed by atoms with Gasteiger partial charge in [-0.25, -0.2) is 0 Å². The third-order valence-electron chi connectivity index (χ3n) is 3.09. The fourth-order valence-electron chi connectivity index (χ4n) is 2.24. The highest BCUT2D eigenvalue weighted by atomic mass is 16.3. The summed E-state index contributed by atoms with van der Waals surface area (Å²) in [4.78, 5) is 0. The largest absolute Gasteiger partial charge is 0.396 e. The Bertz CT molecular complexity index is 124. The first-order valence-electron chi connectivity index (χ1n) is 4.26. The molecule has 3 atom stereocenters. The molecule has 0 aromatic heterocycles. The maximum atomic E-state index is 8.99. The summed E-state index contributed by atoms with van der Waals surface area (Å²) < 4.78 is 0. The van der Waals surface area contributed by atoms with Gasteiger partial charge in [-0.1, -0.05) is 0 Å². The summed E-state index contributed by atoms with van der Waals surface area (Å²) >= 11 is 0. The molecule has 0 radical (unpaired) electrons. The van der Waals surface area contributed by atoms with Crippen molar-refractivity contribution in [3.8, 4) is 0 Å². The molecule has 2 fully saturated rings. The fourth-order valence-corrected chi connectivity index (χ4v) is 2.24. The molecule has 2 nitrogen and oxygen atoms in total. The van der Waals surface area contributed by atoms with Crippen LogP contribution in [0.15, 0.2) is 0 Å². The van der Waals surface area contributed by atoms with Gasteiger partial charge in [-0.05, 0) is 37.6 Å². The summed E-state index contributed by atoms with van der Waals surface area (Å²) in [5, 5.41) is 12.5. The van der Waals surface area contributed by atoms with E-state index in [9.17, 15) is 0 Å². The van der Waals surface area contributed by atoms with E-state index in [1.165, 1.54) is 19.3 Å². The van der Waals surface area contributed by atoms with Crippen LogP contribution in [0.2, 0.25) is 0 Å². The average molecular weight is 141 g/mol. The first-order valence-corrected chi connectivity index (χ1v) is 4.26. The average Bonchev–Trinajstić information content (AvgIpc) is 1.91. The van der Waals surface area contributed by atoms with Crippen LogP contribution in [0.4, 0.5) is 0 Å². The molecule has 0 aromatic carbocycles. The summed E-state index contributed by atoms with van der Waals surface area (Å²) in [6.45, 7) is 1.52. The number of aliphatic hydroxyl groups is 1. The fraction of sp³-hybridized carbons (Fsp3) is 1.00. The molecule has 0 amide bonds. The molecule has 2 N–H and O–H groups in total. The maximum absolute atomic E-state index is 8.99. The first kappa shape index (κ1) is 6.62. The molecule has 1 saturated heterocycles. The van der Waals surface area contributed by atoms with E-state index in [1.807, 2.05) is 0 Å². The molecule has 0 aromatic rings. The minimum Gasteiger partial charge on any atom is -0.396 e. The lowest BCUT2D eigenvalue weighted by Crippen LogP contribution is -2.53. The molecule has 1 saturated carbocycles. The molecule has 0 spiro atoms. The Hall–Kier alpha value is -0.0800. The molecule has 2 heteroatoms. The second kappa shape index (κ2) is 2.51. The highest BCUT2D eigenvalue weighted by Crippen LogP contribution is 2.37. The number of rotatable bonds is 1. The van der Waals surface area contributed by atoms with Crippen molar-refractivity contribution in [2.24, 2.45) is 11.8 Å². The first-order chi connectivity index (χ1) is 4.92. The van der Waals surface area contributed by atoms with Gasteiger partial charge in [-0.3, -0.25) is 0 Å². The third kappa shape index (κ3) is 0.867. The van der Waals surface area contributed by atoms with E-state index >= 15 is 0 Å². The Morgan fingerprint density at radius 1 is 1.30 bits per heavy atom. The van der Waals surface area contributed by atoms with Crippen LogP contribution in [0.25, 0.3) is 0 Å². The van der Waals surface area contributed by atoms with Crippen LogP contribution in [0.3, 0.4) is 0 Å². The van der Waals surface area contributed by atoms with E-state index in [0.717, 1.165) is 18.5 Å². The monoisotopic (exact) mass is 141 g/mol. The number of nitrogens with one attached hydrogen (secondary N) is 1. The third-order valence-corrected chi connectivity index (χ3v) is 3.09. The summed E-state index contributed by atoms with van der Waals surface area (Å²) in [5.41, 5.74) is 0. The van der Waals surface area contributed by atoms with E-state index in [2.05, 4.69) is 5.32 Å². The molecule has 1 aliphatic carbocycles. The van der Waals surface area contributed by atoms with Crippen LogP contribution in [0.1, 0.15) is 19.3 Å². The highest BCUT2D eigenvalue weighted by molar-refractivity contribution is 4.94. The van der Waals surface area contributed by atoms with Crippen molar-refractivity contribution in [2.75, 3.05) is 13.2 Å². The van der Waals surface area contributed by atoms with Crippen LogP contribution in [0, 0.1) is 11.8 Å². The topological polar surface area (TPSA) is 32.3 Å². The van der Waals surface area contributed by atoms with Gasteiger partial charge in [0.1, 0.15) is 0 Å². The minimum absolute atomic E-state index is 0.406. The van der Waals surface area contributed by atoms with Gasteiger partial charge in [0.25, 0.3) is 0 Å². The normalized spacial score (nSPS) is 45.9. The van der Waals surface area contributed by atoms with E-state index in [1.54, 1.807) is 0 Å². The van der Waals surface area contributed by atoms with Gasteiger partial charge in [0, 0.05) is 12.6 Å². The standard InChI is InChI=1S/C8H15NO/c10-5-6-3-4-9-8-2-1-7(6)8/h6-10H,1-5H2. The van der Waals surface area contributed by atoms with Crippen molar-refractivity contribution in [1.82, 2.24) is 5.32 Å². The Morgan fingerprint density at radius 2 is 2.20 bits per heavy atom. The Kier molecular flexibility index (Phi) is 1.66. The zero-order valence-corrected chi connectivity index (χ0v) is 6.21. The van der Waals surface area contributed by atoms with Gasteiger partial charge in [0.05, 0.1) is 0 Å². The molecule has 1 aliphatic heterocycles. The van der Waals surface area contributed by atoms with Crippen molar-refractivity contribution in [1.29, 1.82) is 0 Å². The van der Waals surface area contributed by atoms with Crippen molar-refractivity contribution in [3.63, 3.8) is 0 Å². The summed E-state index contributed by atoms with van der Waals surface area (Å²) in [6.07, 6.45) is 3.85. The van der Waals surface area contributed by atoms with Crippen molar-refractivity contribution in [3.05, 3.63) is 0 Å². The molecule has 58 valence electrons. The lowest BCUT2D eigenvalue weighted by atomic mass is 9.68. The minimum atomic E-state index is 0.406. The zero-order chi connectivity index (χ0) is 6.97. The molecule has 3 unspecified atom stereocenters. The van der Waals surface area contributed by atoms with Crippen LogP contribution < -0.4 is 5.32 Å². The second-order valence-electron chi connectivity index (χ2n) is 3.53. The summed E-state index contributed by atoms with van der Waals surface area (Å²) in [6, 6.07) is 0.755. The Labute approximate surface area is 61.6 Å². The van der Waals surface area contributed by atoms with Gasteiger partial charge in [-0.15, -0.1) is 0 Å². The molecular weight excluding hydrogens is 126 g/mol. The quantitative estimate of drug-likeness (QED) is 0.553. The van der Waals surface area contributed by atoms with Gasteiger partial charge in [0.15, 0.2) is 0 Å². The van der Waals surface area contributed by atoms with Gasteiger partial charge in [0.2, 0.25) is 0 Å². The van der Waals surface area contributed by atoms with E-state index in [-0.39, 0.29) is 0 Å². The lowest BCUT2D eigenvalue weighted by Gasteiger charge is -2.46. The van der Waals surface area contributed by atoms with Crippen LogP contribution >= 0.6 is 0 Å². The lowest BCUT2D eigenvalue weighted by molar-refractivity contribution is 0.0510. The number of fused-ring (bicyclic) bond motifs is 1. The van der Waals surface area contributed by atoms with Crippen molar-refractivity contribution >= 4 is 0 Å². The molecule has 2 rings (SSSR count).